The van der Waals surface area contributed by atoms with E-state index in [0.29, 0.717) is 11.3 Å². The minimum atomic E-state index is 0.00332. The molecule has 1 N–H and O–H groups in total. The Morgan fingerprint density at radius 3 is 2.73 bits per heavy atom. The summed E-state index contributed by atoms with van der Waals surface area (Å²) in [5.74, 6) is 1.86. The van der Waals surface area contributed by atoms with E-state index in [2.05, 4.69) is 10.3 Å². The van der Waals surface area contributed by atoms with E-state index >= 15 is 0 Å². The lowest BCUT2D eigenvalue weighted by atomic mass is 9.92. The van der Waals surface area contributed by atoms with Crippen LogP contribution in [0, 0.1) is 18.8 Å². The molecule has 0 bridgehead atoms. The second-order valence-corrected chi connectivity index (χ2v) is 6.49. The molecule has 0 saturated carbocycles. The van der Waals surface area contributed by atoms with Crippen molar-refractivity contribution in [1.82, 2.24) is 15.2 Å². The summed E-state index contributed by atoms with van der Waals surface area (Å²) in [4.78, 5) is 19.1. The van der Waals surface area contributed by atoms with Gasteiger partial charge < -0.3 is 14.6 Å². The van der Waals surface area contributed by atoms with Crippen LogP contribution in [0.15, 0.2) is 22.6 Å². The molecular weight excluding hydrogens is 278 g/mol. The number of amides is 1. The molecule has 0 aromatic carbocycles. The Hall–Kier alpha value is -1.88. The number of carbonyl (C=O) groups excluding carboxylic acids is 1. The topological polar surface area (TPSA) is 58.4 Å². The Morgan fingerprint density at radius 1 is 1.27 bits per heavy atom. The van der Waals surface area contributed by atoms with Crippen LogP contribution in [0.1, 0.15) is 29.1 Å². The summed E-state index contributed by atoms with van der Waals surface area (Å²) in [5, 5.41) is 3.46. The molecule has 2 aromatic heterocycles. The maximum absolute atomic E-state index is 12.7. The second-order valence-electron chi connectivity index (χ2n) is 6.49. The van der Waals surface area contributed by atoms with Crippen molar-refractivity contribution in [3.8, 4) is 0 Å². The van der Waals surface area contributed by atoms with Crippen LogP contribution >= 0.6 is 0 Å². The van der Waals surface area contributed by atoms with Crippen molar-refractivity contribution < 1.29 is 9.21 Å². The van der Waals surface area contributed by atoms with E-state index in [1.807, 2.05) is 24.0 Å². The number of likely N-dealkylation sites (tertiary alicyclic amines) is 1. The first-order chi connectivity index (χ1) is 10.7. The van der Waals surface area contributed by atoms with Crippen LogP contribution in [0.25, 0.3) is 11.1 Å². The van der Waals surface area contributed by atoms with Crippen molar-refractivity contribution in [3.63, 3.8) is 0 Å². The minimum Gasteiger partial charge on any atom is -0.449 e. The number of rotatable bonds is 1. The lowest BCUT2D eigenvalue weighted by Crippen LogP contribution is -2.32. The highest BCUT2D eigenvalue weighted by Gasteiger charge is 2.32. The lowest BCUT2D eigenvalue weighted by Gasteiger charge is -2.19. The standard InChI is InChI=1S/C17H21N3O2/c1-11-2-3-15-14(19-11)8-16(22-15)17(21)20-6-4-12-9-18-10-13(12)5-7-20/h2-3,8,12-13,18H,4-7,9-10H2,1H3/t12-,13+. The summed E-state index contributed by atoms with van der Waals surface area (Å²) >= 11 is 0. The molecule has 5 heteroatoms. The van der Waals surface area contributed by atoms with Crippen LogP contribution in [-0.2, 0) is 0 Å². The average Bonchev–Trinajstić information content (AvgIpc) is 3.08. The van der Waals surface area contributed by atoms with Gasteiger partial charge in [-0.3, -0.25) is 4.79 Å². The van der Waals surface area contributed by atoms with Gasteiger partial charge in [0.15, 0.2) is 11.3 Å². The van der Waals surface area contributed by atoms with Gasteiger partial charge in [0.25, 0.3) is 5.91 Å². The number of pyridine rings is 1. The third-order valence-electron chi connectivity index (χ3n) is 5.03. The molecule has 0 unspecified atom stereocenters. The number of furan rings is 1. The first-order valence-corrected chi connectivity index (χ1v) is 8.08. The van der Waals surface area contributed by atoms with Crippen LogP contribution in [0.3, 0.4) is 0 Å². The number of hydrogen-bond donors (Lipinski definition) is 1. The Balaban J connectivity index is 1.54. The molecule has 2 saturated heterocycles. The number of aromatic nitrogens is 1. The number of aryl methyl sites for hydroxylation is 1. The van der Waals surface area contributed by atoms with Crippen LogP contribution in [0.5, 0.6) is 0 Å². The van der Waals surface area contributed by atoms with E-state index in [9.17, 15) is 4.79 Å². The minimum absolute atomic E-state index is 0.00332. The second kappa shape index (κ2) is 5.39. The molecule has 0 spiro atoms. The van der Waals surface area contributed by atoms with Gasteiger partial charge in [0.05, 0.1) is 0 Å². The lowest BCUT2D eigenvalue weighted by molar-refractivity contribution is 0.0729. The molecule has 4 rings (SSSR count). The fraction of sp³-hybridized carbons (Fsp3) is 0.529. The van der Waals surface area contributed by atoms with Gasteiger partial charge in [-0.1, -0.05) is 0 Å². The first kappa shape index (κ1) is 13.8. The maximum atomic E-state index is 12.7. The predicted molar refractivity (Wildman–Crippen MR) is 83.7 cm³/mol. The third-order valence-corrected chi connectivity index (χ3v) is 5.03. The predicted octanol–water partition coefficient (Wildman–Crippen LogP) is 2.21. The van der Waals surface area contributed by atoms with Crippen molar-refractivity contribution in [2.75, 3.05) is 26.2 Å². The number of nitrogens with one attached hydrogen (secondary N) is 1. The highest BCUT2D eigenvalue weighted by Crippen LogP contribution is 2.28. The molecule has 1 amide bonds. The number of hydrogen-bond acceptors (Lipinski definition) is 4. The molecule has 22 heavy (non-hydrogen) atoms. The monoisotopic (exact) mass is 299 g/mol. The highest BCUT2D eigenvalue weighted by molar-refractivity contribution is 5.95. The van der Waals surface area contributed by atoms with E-state index in [-0.39, 0.29) is 5.91 Å². The van der Waals surface area contributed by atoms with E-state index in [1.165, 1.54) is 0 Å². The summed E-state index contributed by atoms with van der Waals surface area (Å²) in [7, 11) is 0. The molecule has 2 aliphatic heterocycles. The van der Waals surface area contributed by atoms with Gasteiger partial charge in [-0.15, -0.1) is 0 Å². The Labute approximate surface area is 129 Å². The number of nitrogens with zero attached hydrogens (tertiary/aromatic N) is 2. The quantitative estimate of drug-likeness (QED) is 0.877. The van der Waals surface area contributed by atoms with Crippen molar-refractivity contribution in [2.24, 2.45) is 11.8 Å². The molecule has 5 nitrogen and oxygen atoms in total. The van der Waals surface area contributed by atoms with E-state index in [0.717, 1.165) is 62.1 Å². The molecule has 0 aliphatic carbocycles. The molecule has 2 atom stereocenters. The van der Waals surface area contributed by atoms with Gasteiger partial charge >= 0.3 is 0 Å². The van der Waals surface area contributed by atoms with Gasteiger partial charge in [0, 0.05) is 24.8 Å². The summed E-state index contributed by atoms with van der Waals surface area (Å²) < 4.78 is 5.71. The van der Waals surface area contributed by atoms with Crippen LogP contribution in [0.2, 0.25) is 0 Å². The third kappa shape index (κ3) is 2.39. The van der Waals surface area contributed by atoms with Gasteiger partial charge in [-0.05, 0) is 56.8 Å². The molecule has 116 valence electrons. The molecule has 2 fully saturated rings. The van der Waals surface area contributed by atoms with E-state index in [1.54, 1.807) is 6.07 Å². The normalized spacial score (nSPS) is 25.2. The summed E-state index contributed by atoms with van der Waals surface area (Å²) in [5.41, 5.74) is 2.38. The fourth-order valence-corrected chi connectivity index (χ4v) is 3.71. The molecule has 4 heterocycles. The zero-order valence-corrected chi connectivity index (χ0v) is 12.8. The first-order valence-electron chi connectivity index (χ1n) is 8.08. The highest BCUT2D eigenvalue weighted by atomic mass is 16.3. The van der Waals surface area contributed by atoms with Crippen molar-refractivity contribution in [1.29, 1.82) is 0 Å². The summed E-state index contributed by atoms with van der Waals surface area (Å²) in [6.45, 7) is 5.78. The largest absolute Gasteiger partial charge is 0.449 e. The molecule has 2 aliphatic rings. The van der Waals surface area contributed by atoms with Gasteiger partial charge in [0.2, 0.25) is 0 Å². The van der Waals surface area contributed by atoms with Crippen LogP contribution < -0.4 is 5.32 Å². The van der Waals surface area contributed by atoms with E-state index in [4.69, 9.17) is 4.42 Å². The van der Waals surface area contributed by atoms with Crippen molar-refractivity contribution in [2.45, 2.75) is 19.8 Å². The Kier molecular flexibility index (Phi) is 3.37. The SMILES string of the molecule is Cc1ccc2oc(C(=O)N3CC[C@@H]4CNC[C@@H]4CC3)cc2n1. The van der Waals surface area contributed by atoms with Gasteiger partial charge in [-0.2, -0.15) is 0 Å². The summed E-state index contributed by atoms with van der Waals surface area (Å²) in [6, 6.07) is 5.56. The Morgan fingerprint density at radius 2 is 2.00 bits per heavy atom. The van der Waals surface area contributed by atoms with E-state index < -0.39 is 0 Å². The maximum Gasteiger partial charge on any atom is 0.289 e. The zero-order chi connectivity index (χ0) is 15.1. The van der Waals surface area contributed by atoms with Gasteiger partial charge in [-0.25, -0.2) is 4.98 Å². The van der Waals surface area contributed by atoms with Crippen molar-refractivity contribution in [3.05, 3.63) is 29.7 Å². The van der Waals surface area contributed by atoms with Crippen LogP contribution in [-0.4, -0.2) is 42.0 Å². The zero-order valence-electron chi connectivity index (χ0n) is 12.8. The fourth-order valence-electron chi connectivity index (χ4n) is 3.71. The average molecular weight is 299 g/mol. The molecule has 2 aromatic rings. The molecular formula is C17H21N3O2. The summed E-state index contributed by atoms with van der Waals surface area (Å²) in [6.07, 6.45) is 2.17. The smallest absolute Gasteiger partial charge is 0.289 e. The number of fused-ring (bicyclic) bond motifs is 2. The van der Waals surface area contributed by atoms with Crippen molar-refractivity contribution >= 4 is 17.0 Å². The van der Waals surface area contributed by atoms with Gasteiger partial charge in [0.1, 0.15) is 5.52 Å². The molecule has 0 radical (unpaired) electrons. The Bertz CT molecular complexity index is 695. The number of carbonyl (C=O) groups is 1. The van der Waals surface area contributed by atoms with Crippen LogP contribution in [0.4, 0.5) is 0 Å².